The van der Waals surface area contributed by atoms with Crippen LogP contribution in [0.1, 0.15) is 129 Å². The van der Waals surface area contributed by atoms with Crippen LogP contribution in [0.4, 0.5) is 17.1 Å². The fraction of sp³-hybridized carbons (Fsp3) is 0.474. The highest BCUT2D eigenvalue weighted by Crippen LogP contribution is 2.37. The van der Waals surface area contributed by atoms with Gasteiger partial charge in [-0.1, -0.05) is 86.6 Å². The van der Waals surface area contributed by atoms with Crippen molar-refractivity contribution in [1.29, 1.82) is 0 Å². The summed E-state index contributed by atoms with van der Waals surface area (Å²) in [7, 11) is 1.61. The number of aromatic amines is 2. The molecule has 7 aliphatic heterocycles. The van der Waals surface area contributed by atoms with Crippen LogP contribution in [0.15, 0.2) is 134 Å². The van der Waals surface area contributed by atoms with Crippen LogP contribution in [0.25, 0.3) is 21.8 Å². The molecule has 12 amide bonds. The first-order valence-corrected chi connectivity index (χ1v) is 48.8. The number of carboxylic acid groups (broad SMARTS) is 2. The van der Waals surface area contributed by atoms with Gasteiger partial charge in [0.05, 0.1) is 48.8 Å². The average Bonchev–Trinajstić information content (AvgIpc) is 1.81. The van der Waals surface area contributed by atoms with Crippen LogP contribution in [0.5, 0.6) is 0 Å². The molecule has 0 spiro atoms. The van der Waals surface area contributed by atoms with Crippen LogP contribution >= 0.6 is 35.3 Å². The lowest BCUT2D eigenvalue weighted by atomic mass is 9.92. The van der Waals surface area contributed by atoms with Gasteiger partial charge in [-0.3, -0.25) is 91.8 Å². The van der Waals surface area contributed by atoms with E-state index in [1.807, 2.05) is 89.8 Å². The molecule has 0 saturated carbocycles. The van der Waals surface area contributed by atoms with Crippen molar-refractivity contribution in [2.24, 2.45) is 17.4 Å². The Bertz CT molecular complexity index is 5490. The van der Waals surface area contributed by atoms with E-state index in [4.69, 9.17) is 16.2 Å². The van der Waals surface area contributed by atoms with E-state index in [-0.39, 0.29) is 73.6 Å². The van der Waals surface area contributed by atoms with Gasteiger partial charge in [-0.05, 0) is 164 Å². The maximum atomic E-state index is 15.6. The Labute approximate surface area is 806 Å². The number of H-pyrrole nitrogens is 2. The maximum Gasteiger partial charge on any atom is 0.305 e. The number of amides is 12. The van der Waals surface area contributed by atoms with Crippen molar-refractivity contribution in [1.82, 2.24) is 83.6 Å². The first-order chi connectivity index (χ1) is 65.1. The SMILES string of the molecule is CC1NC(=O)[C@H](Cc2c[nH]c3ccccc23)NC(=O)CNC(=O)[C@H](CC(=O)O)NC(=O)[C@H](C(C)C)NC(=O)[C@H](Cc2c[nH]c3ccccc23)NC(=O)[C@@H]2CSCc3ccc(cc3)N(c3ccc(cc3)CSC[C@@H](C(N)=O)NC(=O)[C@@H]3CCCN3CO1)c1ccc(cc1)CSC[C@H](NC(=O)[C@H](C)NC(C)(C)C(=O)CN(C)C(C)(C)C(=O)CCN)C(=O)N[C@@H]([C@@H](C)O)C(=O)N[C@@H](CCC(=O)O)C(=O)N2. The molecule has 0 aliphatic carbocycles. The van der Waals surface area contributed by atoms with E-state index in [9.17, 15) is 77.6 Å². The number of nitrogens with zero attached hydrogens (tertiary/aromatic N) is 3. The van der Waals surface area contributed by atoms with Crippen molar-refractivity contribution in [3.8, 4) is 0 Å². The van der Waals surface area contributed by atoms with Crippen LogP contribution in [-0.2, 0) is 112 Å². The van der Waals surface area contributed by atoms with Crippen molar-refractivity contribution in [2.45, 2.75) is 221 Å². The highest BCUT2D eigenvalue weighted by Gasteiger charge is 2.42. The van der Waals surface area contributed by atoms with E-state index >= 15 is 14.4 Å². The predicted octanol–water partition coefficient (Wildman–Crippen LogP) is 2.53. The number of likely N-dealkylation sites (N-methyl/N-ethyl adjacent to an activating group) is 1. The number of hydrogen-bond acceptors (Lipinski definition) is 26. The number of hydrogen-bond donors (Lipinski definition) is 19. The number of aliphatic hydroxyl groups excluding tert-OH is 1. The Kier molecular flexibility index (Phi) is 38.7. The van der Waals surface area contributed by atoms with E-state index < -0.39 is 210 Å². The maximum absolute atomic E-state index is 15.6. The summed E-state index contributed by atoms with van der Waals surface area (Å²) in [6.45, 7) is 12.9. The minimum absolute atomic E-state index is 0.0698. The zero-order valence-electron chi connectivity index (χ0n) is 78.2. The Hall–Kier alpha value is -12.3. The summed E-state index contributed by atoms with van der Waals surface area (Å²) in [4.78, 5) is 239. The molecule has 5 aromatic carbocycles. The smallest absolute Gasteiger partial charge is 0.305 e. The molecular weight excluding hydrogens is 1820 g/mol. The number of ketones is 2. The number of benzene rings is 5. The molecule has 738 valence electrons. The molecule has 42 heteroatoms. The normalized spacial score (nSPS) is 22.8. The molecule has 7 aromatic rings. The highest BCUT2D eigenvalue weighted by atomic mass is 32.2. The third kappa shape index (κ3) is 30.1. The quantitative estimate of drug-likeness (QED) is 0.0437. The lowest BCUT2D eigenvalue weighted by Gasteiger charge is -2.36. The molecule has 1 saturated heterocycles. The molecule has 137 heavy (non-hydrogen) atoms. The van der Waals surface area contributed by atoms with Gasteiger partial charge < -0.3 is 105 Å². The van der Waals surface area contributed by atoms with E-state index in [2.05, 4.69) is 73.8 Å². The summed E-state index contributed by atoms with van der Waals surface area (Å²) >= 11 is 3.71. The summed E-state index contributed by atoms with van der Waals surface area (Å²) in [5.41, 5.74) is 15.9. The largest absolute Gasteiger partial charge is 0.481 e. The number of Topliss-reactive ketones (excluding diaryl/α,β-unsaturated/α-hetero) is 2. The fourth-order valence-electron chi connectivity index (χ4n) is 15.9. The van der Waals surface area contributed by atoms with Crippen LogP contribution < -0.4 is 80.2 Å². The minimum atomic E-state index is -1.94. The number of thioether (sulfide) groups is 3. The number of rotatable bonds is 23. The Morgan fingerprint density at radius 1 is 0.562 bits per heavy atom. The number of ether oxygens (including phenoxy) is 1. The summed E-state index contributed by atoms with van der Waals surface area (Å²) in [6.07, 6.45) is -1.41. The molecule has 39 nitrogen and oxygen atoms in total. The second kappa shape index (κ2) is 49.6. The number of aromatic nitrogens is 2. The average molecular weight is 1950 g/mol. The third-order valence-corrected chi connectivity index (χ3v) is 27.6. The summed E-state index contributed by atoms with van der Waals surface area (Å²) in [6, 6.07) is 20.2. The van der Waals surface area contributed by atoms with Crippen molar-refractivity contribution < 1.29 is 96.8 Å². The molecule has 21 N–H and O–H groups in total. The first kappa shape index (κ1) is 107. The number of primary amides is 1. The van der Waals surface area contributed by atoms with Gasteiger partial charge in [-0.25, -0.2) is 0 Å². The van der Waals surface area contributed by atoms with E-state index in [0.29, 0.717) is 69.8 Å². The second-order valence-electron chi connectivity index (χ2n) is 35.8. The van der Waals surface area contributed by atoms with Gasteiger partial charge in [0.2, 0.25) is 70.9 Å². The number of aliphatic hydroxyl groups is 1. The lowest BCUT2D eigenvalue weighted by molar-refractivity contribution is -0.141. The fourth-order valence-corrected chi connectivity index (χ4v) is 18.9. The van der Waals surface area contributed by atoms with Crippen molar-refractivity contribution in [3.05, 3.63) is 162 Å². The molecule has 1 unspecified atom stereocenters. The molecule has 13 atom stereocenters. The van der Waals surface area contributed by atoms with Crippen LogP contribution in [-0.4, -0.2) is 277 Å². The number of carbonyl (C=O) groups is 16. The van der Waals surface area contributed by atoms with E-state index in [1.54, 1.807) is 100 Å². The number of carbonyl (C=O) groups excluding carboxylic acids is 14. The topological polar surface area (TPSA) is 581 Å². The summed E-state index contributed by atoms with van der Waals surface area (Å²) in [5.74, 6) is -15.5. The van der Waals surface area contributed by atoms with Gasteiger partial charge in [0.15, 0.2) is 11.6 Å². The zero-order valence-corrected chi connectivity index (χ0v) is 80.7. The van der Waals surface area contributed by atoms with Gasteiger partial charge >= 0.3 is 11.9 Å². The molecule has 14 rings (SSSR count). The van der Waals surface area contributed by atoms with Crippen molar-refractivity contribution in [2.75, 3.05) is 62.1 Å². The number of carboxylic acids is 2. The Morgan fingerprint density at radius 3 is 1.61 bits per heavy atom. The van der Waals surface area contributed by atoms with Crippen LogP contribution in [0.2, 0.25) is 0 Å². The van der Waals surface area contributed by atoms with Crippen molar-refractivity contribution >= 4 is 169 Å². The number of anilines is 3. The number of aliphatic carboxylic acids is 2. The molecule has 8 bridgehead atoms. The molecule has 2 aromatic heterocycles. The predicted molar refractivity (Wildman–Crippen MR) is 519 cm³/mol. The van der Waals surface area contributed by atoms with Gasteiger partial charge in [0.25, 0.3) is 0 Å². The van der Waals surface area contributed by atoms with Gasteiger partial charge in [0, 0.05) is 118 Å². The van der Waals surface area contributed by atoms with E-state index in [1.165, 1.54) is 44.3 Å². The molecule has 7 aliphatic rings. The second-order valence-corrected chi connectivity index (χ2v) is 38.9. The minimum Gasteiger partial charge on any atom is -0.481 e. The monoisotopic (exact) mass is 1950 g/mol. The Balaban J connectivity index is 1.01. The lowest BCUT2D eigenvalue weighted by Crippen LogP contribution is -2.63. The van der Waals surface area contributed by atoms with Crippen LogP contribution in [0.3, 0.4) is 0 Å². The van der Waals surface area contributed by atoms with Crippen LogP contribution in [0, 0.1) is 5.92 Å². The third-order valence-electron chi connectivity index (χ3n) is 24.2. The molecule has 1 fully saturated rings. The van der Waals surface area contributed by atoms with Crippen molar-refractivity contribution in [3.63, 3.8) is 0 Å². The Morgan fingerprint density at radius 2 is 1.07 bits per heavy atom. The zero-order chi connectivity index (χ0) is 99.7. The van der Waals surface area contributed by atoms with Gasteiger partial charge in [-0.2, -0.15) is 35.3 Å². The summed E-state index contributed by atoms with van der Waals surface area (Å²) < 4.78 is 6.14. The van der Waals surface area contributed by atoms with Gasteiger partial charge in [0.1, 0.15) is 67.3 Å². The number of fused-ring (bicyclic) bond motifs is 4. The van der Waals surface area contributed by atoms with Gasteiger partial charge in [-0.15, -0.1) is 0 Å². The van der Waals surface area contributed by atoms with E-state index in [0.717, 1.165) is 40.7 Å². The first-order valence-electron chi connectivity index (χ1n) is 45.3. The summed E-state index contributed by atoms with van der Waals surface area (Å²) in [5, 5.41) is 65.2. The molecule has 0 radical (unpaired) electrons. The molecule has 9 heterocycles. The standard InChI is InChI=1S/C95H125N19O20S3/c1-52(2)81-92(132)105-71(40-80(121)122)85(125)100-43-78(118)102-69(38-59-41-98-66-18-13-11-16-64(59)66)87(127)101-55(5)134-51-113-37-15-20-75(113)91(131)106-72(83(97)123)48-135-45-56-21-27-61(28-22-56)114-62-29-23-57(24-30-62)46-136-49-73(89(129)104-70(88(128)109-81)39-60-42-99-67-19-14-12-17-65(60)67)108-86(126)68(33-34-79(119)120)103-93(133)82(54(4)115)110-90(130)74(50-137-47-58-25-31-63(114)32-26-58)107-84(124)53(3)111-94(6,7)77(117)44-112(10)95(8,9)76(116)35-36-96/h11-14,16-19,21-32,41-42,52-55,68-75,81-82,98-99,111,115H,15,20,33-40,43-51,96H2,1-10H3,(H2,97,123)(H,100,125)(H,101,127)(H,102,118)(H,103,133)(H,104,129)(H,105,132)(H,106,131)(H,107,124)(H,108,126)(H,109,128)(H,110,130)(H,119,120)(H,121,122)/t53-,54+,55?,68-,69-,70-,71-,72-,73-,74-,75-,81-,82-/m0/s1. The molecular formula is C95H125N19O20S3. The number of para-hydroxylation sites is 2. The highest BCUT2D eigenvalue weighted by molar-refractivity contribution is 7.99. The number of nitrogens with one attached hydrogen (secondary N) is 14. The number of nitrogens with two attached hydrogens (primary N) is 2.